The lowest BCUT2D eigenvalue weighted by atomic mass is 9.87. The van der Waals surface area contributed by atoms with Gasteiger partial charge in [0.2, 0.25) is 5.91 Å². The molecule has 0 aromatic heterocycles. The smallest absolute Gasteiger partial charge is 0.217 e. The lowest BCUT2D eigenvalue weighted by molar-refractivity contribution is -0.119. The number of carbonyl (C=O) groups excluding carboxylic acids is 1. The fourth-order valence-corrected chi connectivity index (χ4v) is 4.57. The van der Waals surface area contributed by atoms with Crippen LogP contribution in [0.5, 0.6) is 11.5 Å². The molecule has 2 aromatic carbocycles. The summed E-state index contributed by atoms with van der Waals surface area (Å²) in [6.45, 7) is 4.40. The summed E-state index contributed by atoms with van der Waals surface area (Å²) in [5, 5.41) is 14.0. The second kappa shape index (κ2) is 9.47. The summed E-state index contributed by atoms with van der Waals surface area (Å²) in [5.74, 6) is 1.54. The third-order valence-corrected chi connectivity index (χ3v) is 6.26. The Hall–Kier alpha value is -2.28. The van der Waals surface area contributed by atoms with Crippen molar-refractivity contribution in [1.29, 1.82) is 0 Å². The van der Waals surface area contributed by atoms with Crippen molar-refractivity contribution in [2.45, 2.75) is 44.4 Å². The van der Waals surface area contributed by atoms with Crippen molar-refractivity contribution >= 4 is 17.5 Å². The summed E-state index contributed by atoms with van der Waals surface area (Å²) >= 11 is 6.12. The number of rotatable bonds is 7. The summed E-state index contributed by atoms with van der Waals surface area (Å²) in [6.07, 6.45) is 2.15. The van der Waals surface area contributed by atoms with Crippen LogP contribution in [0.2, 0.25) is 5.02 Å². The quantitative estimate of drug-likeness (QED) is 0.686. The molecule has 1 atom stereocenters. The van der Waals surface area contributed by atoms with Gasteiger partial charge in [-0.2, -0.15) is 0 Å². The average Bonchev–Trinajstić information content (AvgIpc) is 3.10. The van der Waals surface area contributed by atoms with Crippen LogP contribution in [0.1, 0.15) is 30.9 Å². The standard InChI is InChI=1S/C24H29ClN2O4/c1-17(28)26-14-18-4-2-3-5-22(18)30-16-21(29)15-27-10-8-24(9-11-27)13-19-12-20(25)6-7-23(19)31-24/h2-7,12,21,29H,8-11,13-16H2,1H3,(H,26,28)/t21-/m0/s1. The number of amides is 1. The van der Waals surface area contributed by atoms with Gasteiger partial charge in [0.25, 0.3) is 0 Å². The summed E-state index contributed by atoms with van der Waals surface area (Å²) in [5.41, 5.74) is 1.93. The maximum absolute atomic E-state index is 11.2. The van der Waals surface area contributed by atoms with Crippen LogP contribution in [0.3, 0.4) is 0 Å². The Kier molecular flexibility index (Phi) is 6.70. The van der Waals surface area contributed by atoms with Gasteiger partial charge in [0, 0.05) is 63.0 Å². The van der Waals surface area contributed by atoms with E-state index in [9.17, 15) is 9.90 Å². The van der Waals surface area contributed by atoms with Gasteiger partial charge in [0.05, 0.1) is 0 Å². The van der Waals surface area contributed by atoms with Crippen LogP contribution in [-0.4, -0.2) is 53.9 Å². The number of aliphatic hydroxyl groups excluding tert-OH is 1. The van der Waals surface area contributed by atoms with Crippen LogP contribution in [0, 0.1) is 0 Å². The molecule has 31 heavy (non-hydrogen) atoms. The summed E-state index contributed by atoms with van der Waals surface area (Å²) < 4.78 is 12.2. The second-order valence-electron chi connectivity index (χ2n) is 8.50. The Morgan fingerprint density at radius 1 is 1.29 bits per heavy atom. The molecule has 6 nitrogen and oxygen atoms in total. The fraction of sp³-hybridized carbons (Fsp3) is 0.458. The SMILES string of the molecule is CC(=O)NCc1ccccc1OC[C@@H](O)CN1CCC2(CC1)Cc1cc(Cl)ccc1O2. The van der Waals surface area contributed by atoms with Gasteiger partial charge >= 0.3 is 0 Å². The van der Waals surface area contributed by atoms with Crippen molar-refractivity contribution in [2.75, 3.05) is 26.2 Å². The molecule has 2 heterocycles. The second-order valence-corrected chi connectivity index (χ2v) is 8.93. The van der Waals surface area contributed by atoms with E-state index in [4.69, 9.17) is 21.1 Å². The van der Waals surface area contributed by atoms with Crippen molar-refractivity contribution in [2.24, 2.45) is 0 Å². The van der Waals surface area contributed by atoms with E-state index in [-0.39, 0.29) is 18.1 Å². The highest BCUT2D eigenvalue weighted by atomic mass is 35.5. The molecule has 0 aliphatic carbocycles. The predicted octanol–water partition coefficient (Wildman–Crippen LogP) is 3.19. The van der Waals surface area contributed by atoms with E-state index in [1.807, 2.05) is 42.5 Å². The highest BCUT2D eigenvalue weighted by Gasteiger charge is 2.42. The number of ether oxygens (including phenoxy) is 2. The first kappa shape index (κ1) is 21.9. The summed E-state index contributed by atoms with van der Waals surface area (Å²) in [6, 6.07) is 13.4. The van der Waals surface area contributed by atoms with Gasteiger partial charge in [-0.1, -0.05) is 29.8 Å². The minimum absolute atomic E-state index is 0.0878. The molecule has 2 aliphatic heterocycles. The Balaban J connectivity index is 1.24. The van der Waals surface area contributed by atoms with Crippen molar-refractivity contribution in [3.8, 4) is 11.5 Å². The molecule has 1 saturated heterocycles. The Bertz CT molecular complexity index is 928. The number of hydrogen-bond donors (Lipinski definition) is 2. The molecule has 1 amide bonds. The zero-order chi connectivity index (χ0) is 21.8. The number of nitrogens with zero attached hydrogens (tertiary/aromatic N) is 1. The van der Waals surface area contributed by atoms with Gasteiger partial charge in [-0.3, -0.25) is 4.79 Å². The molecule has 4 rings (SSSR count). The van der Waals surface area contributed by atoms with E-state index in [1.54, 1.807) is 0 Å². The molecule has 0 unspecified atom stereocenters. The molecule has 2 aliphatic rings. The highest BCUT2D eigenvalue weighted by Crippen LogP contribution is 2.41. The molecule has 0 bridgehead atoms. The maximum atomic E-state index is 11.2. The Morgan fingerprint density at radius 3 is 2.84 bits per heavy atom. The van der Waals surface area contributed by atoms with E-state index in [0.717, 1.165) is 48.7 Å². The summed E-state index contributed by atoms with van der Waals surface area (Å²) in [7, 11) is 0. The molecule has 2 aromatic rings. The third-order valence-electron chi connectivity index (χ3n) is 6.03. The zero-order valence-electron chi connectivity index (χ0n) is 17.8. The summed E-state index contributed by atoms with van der Waals surface area (Å²) in [4.78, 5) is 13.4. The van der Waals surface area contributed by atoms with Gasteiger partial charge in [-0.05, 0) is 29.8 Å². The number of aliphatic hydroxyl groups is 1. The van der Waals surface area contributed by atoms with Crippen LogP contribution in [0.4, 0.5) is 0 Å². The molecule has 1 spiro atoms. The highest BCUT2D eigenvalue weighted by molar-refractivity contribution is 6.30. The van der Waals surface area contributed by atoms with Gasteiger partial charge in [0.15, 0.2) is 0 Å². The van der Waals surface area contributed by atoms with E-state index >= 15 is 0 Å². The maximum Gasteiger partial charge on any atom is 0.217 e. The molecule has 0 saturated carbocycles. The minimum atomic E-state index is -0.594. The first-order valence-electron chi connectivity index (χ1n) is 10.8. The number of likely N-dealkylation sites (tertiary alicyclic amines) is 1. The number of nitrogens with one attached hydrogen (secondary N) is 1. The minimum Gasteiger partial charge on any atom is -0.490 e. The van der Waals surface area contributed by atoms with Crippen LogP contribution >= 0.6 is 11.6 Å². The van der Waals surface area contributed by atoms with E-state index < -0.39 is 6.10 Å². The number of piperidine rings is 1. The molecule has 0 radical (unpaired) electrons. The number of carbonyl (C=O) groups is 1. The van der Waals surface area contributed by atoms with Gasteiger partial charge in [-0.25, -0.2) is 0 Å². The number of β-amino-alcohol motifs (C(OH)–C–C–N with tert-alkyl or cyclic N) is 1. The first-order chi connectivity index (χ1) is 14.9. The van der Waals surface area contributed by atoms with Crippen LogP contribution in [0.25, 0.3) is 0 Å². The van der Waals surface area contributed by atoms with Gasteiger partial charge in [0.1, 0.15) is 29.8 Å². The lowest BCUT2D eigenvalue weighted by Gasteiger charge is -2.39. The van der Waals surface area contributed by atoms with E-state index in [2.05, 4.69) is 10.2 Å². The van der Waals surface area contributed by atoms with Crippen molar-refractivity contribution in [3.63, 3.8) is 0 Å². The molecule has 2 N–H and O–H groups in total. The van der Waals surface area contributed by atoms with Crippen molar-refractivity contribution in [3.05, 3.63) is 58.6 Å². The van der Waals surface area contributed by atoms with Gasteiger partial charge < -0.3 is 24.8 Å². The topological polar surface area (TPSA) is 71.0 Å². The monoisotopic (exact) mass is 444 g/mol. The van der Waals surface area contributed by atoms with Crippen LogP contribution in [0.15, 0.2) is 42.5 Å². The predicted molar refractivity (Wildman–Crippen MR) is 120 cm³/mol. The van der Waals surface area contributed by atoms with E-state index in [1.165, 1.54) is 12.5 Å². The normalized spacial score (nSPS) is 18.3. The number of benzene rings is 2. The average molecular weight is 445 g/mol. The van der Waals surface area contributed by atoms with Crippen LogP contribution in [-0.2, 0) is 17.8 Å². The lowest BCUT2D eigenvalue weighted by Crippen LogP contribution is -2.49. The molecule has 1 fully saturated rings. The third kappa shape index (κ3) is 5.50. The Morgan fingerprint density at radius 2 is 2.06 bits per heavy atom. The Labute approximate surface area is 188 Å². The molecular weight excluding hydrogens is 416 g/mol. The number of hydrogen-bond acceptors (Lipinski definition) is 5. The van der Waals surface area contributed by atoms with Crippen LogP contribution < -0.4 is 14.8 Å². The number of halogens is 1. The largest absolute Gasteiger partial charge is 0.490 e. The number of fused-ring (bicyclic) bond motifs is 1. The number of para-hydroxylation sites is 1. The zero-order valence-corrected chi connectivity index (χ0v) is 18.5. The molecule has 166 valence electrons. The molecule has 7 heteroatoms. The first-order valence-corrected chi connectivity index (χ1v) is 11.1. The van der Waals surface area contributed by atoms with Crippen molar-refractivity contribution in [1.82, 2.24) is 10.2 Å². The van der Waals surface area contributed by atoms with Gasteiger partial charge in [-0.15, -0.1) is 0 Å². The molecular formula is C24H29ClN2O4. The fourth-order valence-electron chi connectivity index (χ4n) is 4.37. The van der Waals surface area contributed by atoms with E-state index in [0.29, 0.717) is 18.8 Å². The van der Waals surface area contributed by atoms with Crippen molar-refractivity contribution < 1.29 is 19.4 Å².